The van der Waals surface area contributed by atoms with E-state index in [1.54, 1.807) is 13.1 Å². The summed E-state index contributed by atoms with van der Waals surface area (Å²) in [4.78, 5) is 10.9. The predicted molar refractivity (Wildman–Crippen MR) is 48.0 cm³/mol. The zero-order valence-corrected chi connectivity index (χ0v) is 7.64. The van der Waals surface area contributed by atoms with Crippen molar-refractivity contribution in [2.75, 3.05) is 5.73 Å². The molecule has 0 spiro atoms. The fourth-order valence-electron chi connectivity index (χ4n) is 1.32. The van der Waals surface area contributed by atoms with E-state index >= 15 is 0 Å². The summed E-state index contributed by atoms with van der Waals surface area (Å²) in [7, 11) is 0. The maximum atomic E-state index is 10.9. The number of rotatable bonds is 2. The van der Waals surface area contributed by atoms with Crippen LogP contribution in [0.25, 0.3) is 0 Å². The first kappa shape index (κ1) is 9.04. The van der Waals surface area contributed by atoms with Crippen molar-refractivity contribution < 1.29 is 14.3 Å². The molecule has 1 fully saturated rings. The minimum absolute atomic E-state index is 0.237. The summed E-state index contributed by atoms with van der Waals surface area (Å²) in [5.41, 5.74) is 11.0. The lowest BCUT2D eigenvalue weighted by Crippen LogP contribution is -2.36. The molecule has 0 unspecified atom stereocenters. The number of anilines is 1. The highest BCUT2D eigenvalue weighted by molar-refractivity contribution is 5.97. The van der Waals surface area contributed by atoms with Crippen molar-refractivity contribution in [3.63, 3.8) is 0 Å². The molecule has 1 aromatic rings. The van der Waals surface area contributed by atoms with Crippen molar-refractivity contribution in [3.8, 4) is 0 Å². The highest BCUT2D eigenvalue weighted by atomic mass is 16.9. The van der Waals surface area contributed by atoms with Gasteiger partial charge in [-0.2, -0.15) is 0 Å². The van der Waals surface area contributed by atoms with Gasteiger partial charge in [0.05, 0.1) is 5.56 Å². The van der Waals surface area contributed by atoms with E-state index in [1.807, 2.05) is 0 Å². The van der Waals surface area contributed by atoms with Crippen LogP contribution in [-0.2, 0) is 9.47 Å². The summed E-state index contributed by atoms with van der Waals surface area (Å²) in [6.07, 6.45) is 0.823. The molecule has 2 heterocycles. The number of nitrogens with two attached hydrogens (primary N) is 2. The van der Waals surface area contributed by atoms with Gasteiger partial charge in [0, 0.05) is 6.20 Å². The Kier molecular flexibility index (Phi) is 1.94. The number of ether oxygens (including phenoxy) is 2. The molecule has 0 atom stereocenters. The smallest absolute Gasteiger partial charge is 0.252 e. The second-order valence-corrected chi connectivity index (χ2v) is 3.03. The summed E-state index contributed by atoms with van der Waals surface area (Å²) in [6, 6.07) is 1.54. The topological polar surface area (TPSA) is 92.5 Å². The van der Waals surface area contributed by atoms with Crippen LogP contribution < -0.4 is 11.5 Å². The Morgan fingerprint density at radius 3 is 2.64 bits per heavy atom. The summed E-state index contributed by atoms with van der Waals surface area (Å²) in [6.45, 7) is 1.77. The Labute approximate surface area is 80.4 Å². The number of carbonyl (C=O) groups is 1. The Morgan fingerprint density at radius 2 is 2.21 bits per heavy atom. The minimum Gasteiger partial charge on any atom is -0.384 e. The second kappa shape index (κ2) is 3.00. The molecule has 0 saturated carbocycles. The number of carbonyl (C=O) groups excluding carboxylic acids is 1. The van der Waals surface area contributed by atoms with Crippen molar-refractivity contribution >= 4 is 11.7 Å². The van der Waals surface area contributed by atoms with E-state index in [9.17, 15) is 4.79 Å². The molecule has 0 aromatic carbocycles. The van der Waals surface area contributed by atoms with Gasteiger partial charge in [-0.1, -0.05) is 0 Å². The fourth-order valence-corrected chi connectivity index (χ4v) is 1.32. The zero-order chi connectivity index (χ0) is 10.3. The number of nitrogens with zero attached hydrogens (tertiary/aromatic N) is 1. The van der Waals surface area contributed by atoms with Gasteiger partial charge in [-0.3, -0.25) is 9.36 Å². The third-order valence-electron chi connectivity index (χ3n) is 2.06. The lowest BCUT2D eigenvalue weighted by atomic mass is 10.3. The van der Waals surface area contributed by atoms with E-state index in [2.05, 4.69) is 0 Å². The van der Waals surface area contributed by atoms with Crippen molar-refractivity contribution in [2.45, 2.75) is 19.6 Å². The molecule has 0 radical (unpaired) electrons. The van der Waals surface area contributed by atoms with Gasteiger partial charge in [-0.05, 0) is 13.0 Å². The second-order valence-electron chi connectivity index (χ2n) is 3.03. The maximum Gasteiger partial charge on any atom is 0.252 e. The normalized spacial score (nSPS) is 25.8. The van der Waals surface area contributed by atoms with Crippen molar-refractivity contribution in [2.24, 2.45) is 5.73 Å². The first-order valence-electron chi connectivity index (χ1n) is 4.16. The fraction of sp³-hybridized carbons (Fsp3) is 0.375. The molecule has 1 aliphatic rings. The van der Waals surface area contributed by atoms with E-state index in [-0.39, 0.29) is 17.7 Å². The van der Waals surface area contributed by atoms with Gasteiger partial charge in [0.2, 0.25) is 6.41 Å². The molecule has 6 nitrogen and oxygen atoms in total. The highest BCUT2D eigenvalue weighted by Crippen LogP contribution is 2.29. The van der Waals surface area contributed by atoms with Gasteiger partial charge >= 0.3 is 0 Å². The number of hydrogen-bond acceptors (Lipinski definition) is 4. The number of hydrogen-bond donors (Lipinski definition) is 2. The number of nitrogen functional groups attached to an aromatic ring is 1. The molecular formula is C8H11N3O3. The first-order chi connectivity index (χ1) is 6.59. The Bertz CT molecular complexity index is 368. The Hall–Kier alpha value is -1.53. The van der Waals surface area contributed by atoms with E-state index in [4.69, 9.17) is 20.9 Å². The molecule has 1 aromatic heterocycles. The van der Waals surface area contributed by atoms with Gasteiger partial charge < -0.3 is 20.9 Å². The number of primary amides is 1. The van der Waals surface area contributed by atoms with Crippen molar-refractivity contribution in [1.29, 1.82) is 0 Å². The summed E-state index contributed by atoms with van der Waals surface area (Å²) < 4.78 is 11.9. The van der Waals surface area contributed by atoms with E-state index in [1.165, 1.54) is 10.6 Å². The molecule has 4 N–H and O–H groups in total. The van der Waals surface area contributed by atoms with E-state index < -0.39 is 12.3 Å². The van der Waals surface area contributed by atoms with Crippen LogP contribution in [0.15, 0.2) is 12.3 Å². The summed E-state index contributed by atoms with van der Waals surface area (Å²) >= 11 is 0. The third-order valence-corrected chi connectivity index (χ3v) is 2.06. The molecular weight excluding hydrogens is 186 g/mol. The average molecular weight is 197 g/mol. The van der Waals surface area contributed by atoms with Crippen LogP contribution in [0.2, 0.25) is 0 Å². The SMILES string of the molecule is CC1OC(n2ccc(C(N)=O)c2N)O1. The standard InChI is InChI=1S/C8H11N3O3/c1-4-13-8(14-4)11-3-2-5(6(11)9)7(10)12/h2-4,8H,9H2,1H3,(H2,10,12). The monoisotopic (exact) mass is 197 g/mol. The quantitative estimate of drug-likeness (QED) is 0.698. The molecule has 6 heteroatoms. The third kappa shape index (κ3) is 1.24. The molecule has 0 aliphatic carbocycles. The van der Waals surface area contributed by atoms with E-state index in [0.29, 0.717) is 0 Å². The van der Waals surface area contributed by atoms with Gasteiger partial charge in [0.1, 0.15) is 5.82 Å². The van der Waals surface area contributed by atoms with Crippen LogP contribution in [-0.4, -0.2) is 16.8 Å². The first-order valence-corrected chi connectivity index (χ1v) is 4.16. The van der Waals surface area contributed by atoms with Crippen LogP contribution in [0.3, 0.4) is 0 Å². The Balaban J connectivity index is 2.23. The van der Waals surface area contributed by atoms with Crippen LogP contribution in [0.5, 0.6) is 0 Å². The molecule has 14 heavy (non-hydrogen) atoms. The number of amides is 1. The molecule has 76 valence electrons. The average Bonchev–Trinajstić information content (AvgIpc) is 2.41. The van der Waals surface area contributed by atoms with Gasteiger partial charge in [0.25, 0.3) is 5.91 Å². The van der Waals surface area contributed by atoms with Gasteiger partial charge in [-0.25, -0.2) is 0 Å². The maximum absolute atomic E-state index is 10.9. The molecule has 1 amide bonds. The largest absolute Gasteiger partial charge is 0.384 e. The van der Waals surface area contributed by atoms with Gasteiger partial charge in [0.15, 0.2) is 6.29 Å². The van der Waals surface area contributed by atoms with Crippen LogP contribution in [0.1, 0.15) is 23.7 Å². The van der Waals surface area contributed by atoms with Crippen molar-refractivity contribution in [3.05, 3.63) is 17.8 Å². The van der Waals surface area contributed by atoms with Crippen LogP contribution in [0.4, 0.5) is 5.82 Å². The molecule has 2 rings (SSSR count). The van der Waals surface area contributed by atoms with Crippen molar-refractivity contribution in [1.82, 2.24) is 4.57 Å². The molecule has 0 bridgehead atoms. The Morgan fingerprint density at radius 1 is 1.57 bits per heavy atom. The highest BCUT2D eigenvalue weighted by Gasteiger charge is 2.30. The summed E-state index contributed by atoms with van der Waals surface area (Å²) in [5, 5.41) is 0. The van der Waals surface area contributed by atoms with Gasteiger partial charge in [-0.15, -0.1) is 0 Å². The lowest BCUT2D eigenvalue weighted by molar-refractivity contribution is -0.411. The van der Waals surface area contributed by atoms with Crippen LogP contribution in [0, 0.1) is 0 Å². The summed E-state index contributed by atoms with van der Waals surface area (Å²) in [5.74, 6) is -0.303. The minimum atomic E-state index is -0.561. The lowest BCUT2D eigenvalue weighted by Gasteiger charge is -2.34. The molecule has 1 saturated heterocycles. The number of aromatic nitrogens is 1. The van der Waals surface area contributed by atoms with E-state index in [0.717, 1.165) is 0 Å². The van der Waals surface area contributed by atoms with Crippen LogP contribution >= 0.6 is 0 Å². The zero-order valence-electron chi connectivity index (χ0n) is 7.64. The molecule has 1 aliphatic heterocycles. The predicted octanol–water partition coefficient (Wildman–Crippen LogP) is 0.0181.